The maximum atomic E-state index is 13.4. The Balaban J connectivity index is 2.13. The van der Waals surface area contributed by atoms with Crippen LogP contribution in [0.15, 0.2) is 59.1 Å². The predicted octanol–water partition coefficient (Wildman–Crippen LogP) is 4.45. The fourth-order valence-corrected chi connectivity index (χ4v) is 4.38. The van der Waals surface area contributed by atoms with Gasteiger partial charge in [-0.3, -0.25) is 14.9 Å². The van der Waals surface area contributed by atoms with Crippen LogP contribution in [0.4, 0.5) is 5.69 Å². The monoisotopic (exact) mass is 469 g/mol. The number of hydrogen-bond acceptors (Lipinski definition) is 7. The Labute approximate surface area is 191 Å². The first kappa shape index (κ1) is 23.9. The van der Waals surface area contributed by atoms with Gasteiger partial charge in [0.15, 0.2) is 5.78 Å². The van der Waals surface area contributed by atoms with Crippen LogP contribution in [-0.4, -0.2) is 28.9 Å². The van der Waals surface area contributed by atoms with E-state index >= 15 is 0 Å². The highest BCUT2D eigenvalue weighted by atomic mass is 32.2. The summed E-state index contributed by atoms with van der Waals surface area (Å²) < 4.78 is 31.9. The number of nitrogens with zero attached hydrogens (tertiary/aromatic N) is 3. The lowest BCUT2D eigenvalue weighted by atomic mass is 9.90. The SMILES string of the molecule is CC(C)=C(C)c1c([N+](=O)[O-])ccc(C(=O)c2cnn(C)c2OS(=O)(=O)c2ccccc2)c1C. The molecule has 0 amide bonds. The van der Waals surface area contributed by atoms with Crippen LogP contribution < -0.4 is 4.18 Å². The summed E-state index contributed by atoms with van der Waals surface area (Å²) in [7, 11) is -2.76. The van der Waals surface area contributed by atoms with Crippen molar-refractivity contribution in [3.63, 3.8) is 0 Å². The highest BCUT2D eigenvalue weighted by Gasteiger charge is 2.28. The van der Waals surface area contributed by atoms with Crippen molar-refractivity contribution < 1.29 is 22.3 Å². The molecule has 0 saturated carbocycles. The number of benzene rings is 2. The van der Waals surface area contributed by atoms with E-state index in [0.29, 0.717) is 16.7 Å². The molecule has 33 heavy (non-hydrogen) atoms. The van der Waals surface area contributed by atoms with Gasteiger partial charge in [-0.2, -0.15) is 13.5 Å². The van der Waals surface area contributed by atoms with Gasteiger partial charge >= 0.3 is 10.1 Å². The smallest absolute Gasteiger partial charge is 0.340 e. The van der Waals surface area contributed by atoms with Crippen LogP contribution in [0.1, 0.15) is 47.8 Å². The predicted molar refractivity (Wildman–Crippen MR) is 123 cm³/mol. The van der Waals surface area contributed by atoms with Gasteiger partial charge in [0.2, 0.25) is 5.88 Å². The van der Waals surface area contributed by atoms with Crippen molar-refractivity contribution in [1.82, 2.24) is 9.78 Å². The van der Waals surface area contributed by atoms with E-state index < -0.39 is 20.8 Å². The summed E-state index contributed by atoms with van der Waals surface area (Å²) in [6.07, 6.45) is 1.21. The van der Waals surface area contributed by atoms with Crippen LogP contribution in [0.25, 0.3) is 5.57 Å². The van der Waals surface area contributed by atoms with Gasteiger partial charge in [0.05, 0.1) is 16.7 Å². The minimum Gasteiger partial charge on any atom is -0.358 e. The molecule has 0 fully saturated rings. The minimum absolute atomic E-state index is 0.0717. The standard InChI is InChI=1S/C23H23N3O6S/c1-14(2)15(3)21-16(4)18(11-12-20(21)26(28)29)22(27)19-13-24-25(5)23(19)32-33(30,31)17-9-7-6-8-10-17/h6-13H,1-5H3. The topological polar surface area (TPSA) is 121 Å². The number of carbonyl (C=O) groups excluding carboxylic acids is 1. The molecule has 3 rings (SSSR count). The molecule has 0 radical (unpaired) electrons. The van der Waals surface area contributed by atoms with Gasteiger partial charge in [0, 0.05) is 18.7 Å². The molecule has 2 aromatic carbocycles. The molecule has 172 valence electrons. The molecule has 0 unspecified atom stereocenters. The molecule has 1 heterocycles. The van der Waals surface area contributed by atoms with Gasteiger partial charge in [-0.1, -0.05) is 23.8 Å². The number of aromatic nitrogens is 2. The Bertz CT molecular complexity index is 1390. The van der Waals surface area contributed by atoms with Gasteiger partial charge in [-0.15, -0.1) is 0 Å². The van der Waals surface area contributed by atoms with Gasteiger partial charge in [-0.05, 0) is 57.0 Å². The average Bonchev–Trinajstić information content (AvgIpc) is 3.12. The quantitative estimate of drug-likeness (QED) is 0.217. The second-order valence-electron chi connectivity index (χ2n) is 7.68. The highest BCUT2D eigenvalue weighted by molar-refractivity contribution is 7.87. The molecule has 9 nitrogen and oxygen atoms in total. The summed E-state index contributed by atoms with van der Waals surface area (Å²) in [6.45, 7) is 7.03. The number of aryl methyl sites for hydroxylation is 1. The number of allylic oxidation sites excluding steroid dienone is 2. The molecule has 0 aliphatic heterocycles. The largest absolute Gasteiger partial charge is 0.358 e. The van der Waals surface area contributed by atoms with E-state index in [2.05, 4.69) is 5.10 Å². The fraction of sp³-hybridized carbons (Fsp3) is 0.217. The lowest BCUT2D eigenvalue weighted by molar-refractivity contribution is -0.385. The third-order valence-electron chi connectivity index (χ3n) is 5.36. The third-order valence-corrected chi connectivity index (χ3v) is 6.59. The van der Waals surface area contributed by atoms with Gasteiger partial charge in [-0.25, -0.2) is 4.68 Å². The highest BCUT2D eigenvalue weighted by Crippen LogP contribution is 2.35. The maximum absolute atomic E-state index is 13.4. The van der Waals surface area contributed by atoms with E-state index in [1.165, 1.54) is 37.5 Å². The third kappa shape index (κ3) is 4.56. The van der Waals surface area contributed by atoms with Crippen LogP contribution in [0.5, 0.6) is 5.88 Å². The van der Waals surface area contributed by atoms with Crippen LogP contribution in [-0.2, 0) is 17.2 Å². The molecule has 0 atom stereocenters. The van der Waals surface area contributed by atoms with Crippen molar-refractivity contribution in [2.45, 2.75) is 32.6 Å². The van der Waals surface area contributed by atoms with Crippen molar-refractivity contribution in [3.8, 4) is 5.88 Å². The Morgan fingerprint density at radius 2 is 1.70 bits per heavy atom. The Morgan fingerprint density at radius 3 is 2.27 bits per heavy atom. The molecule has 1 aromatic heterocycles. The minimum atomic E-state index is -4.21. The number of nitro groups is 1. The Kier molecular flexibility index (Phi) is 6.50. The lowest BCUT2D eigenvalue weighted by Crippen LogP contribution is -2.15. The Hall–Kier alpha value is -3.79. The zero-order valence-corrected chi connectivity index (χ0v) is 19.6. The molecule has 10 heteroatoms. The van der Waals surface area contributed by atoms with Crippen molar-refractivity contribution in [2.75, 3.05) is 0 Å². The summed E-state index contributed by atoms with van der Waals surface area (Å²) in [4.78, 5) is 24.5. The van der Waals surface area contributed by atoms with E-state index in [4.69, 9.17) is 4.18 Å². The molecular formula is C23H23N3O6S. The van der Waals surface area contributed by atoms with Gasteiger partial charge < -0.3 is 4.18 Å². The molecule has 3 aromatic rings. The molecule has 0 bridgehead atoms. The molecule has 0 saturated heterocycles. The van der Waals surface area contributed by atoms with E-state index in [0.717, 1.165) is 10.3 Å². The van der Waals surface area contributed by atoms with Gasteiger partial charge in [0.25, 0.3) is 5.69 Å². The first-order chi connectivity index (χ1) is 15.5. The normalized spacial score (nSPS) is 11.2. The van der Waals surface area contributed by atoms with Crippen molar-refractivity contribution in [2.24, 2.45) is 7.05 Å². The molecule has 0 aliphatic carbocycles. The number of nitro benzene ring substituents is 1. The summed E-state index contributed by atoms with van der Waals surface area (Å²) in [6, 6.07) is 10.2. The molecule has 0 spiro atoms. The summed E-state index contributed by atoms with van der Waals surface area (Å²) in [5, 5.41) is 15.6. The fourth-order valence-electron chi connectivity index (χ4n) is 3.38. The zero-order valence-electron chi connectivity index (χ0n) is 18.8. The number of rotatable bonds is 7. The molecule has 0 aliphatic rings. The van der Waals surface area contributed by atoms with E-state index in [9.17, 15) is 23.3 Å². The van der Waals surface area contributed by atoms with E-state index in [1.807, 2.05) is 13.8 Å². The van der Waals surface area contributed by atoms with Gasteiger partial charge in [0.1, 0.15) is 10.5 Å². The van der Waals surface area contributed by atoms with Crippen LogP contribution in [0, 0.1) is 17.0 Å². The lowest BCUT2D eigenvalue weighted by Gasteiger charge is -2.14. The maximum Gasteiger partial charge on any atom is 0.340 e. The Morgan fingerprint density at radius 1 is 1.06 bits per heavy atom. The zero-order chi connectivity index (χ0) is 24.5. The van der Waals surface area contributed by atoms with Crippen LogP contribution in [0.2, 0.25) is 0 Å². The second kappa shape index (κ2) is 8.99. The first-order valence-corrected chi connectivity index (χ1v) is 11.3. The number of carbonyl (C=O) groups is 1. The summed E-state index contributed by atoms with van der Waals surface area (Å²) in [5.74, 6) is -0.807. The second-order valence-corrected chi connectivity index (χ2v) is 9.23. The molecule has 0 N–H and O–H groups in total. The van der Waals surface area contributed by atoms with Crippen LogP contribution in [0.3, 0.4) is 0 Å². The van der Waals surface area contributed by atoms with Crippen LogP contribution >= 0.6 is 0 Å². The summed E-state index contributed by atoms with van der Waals surface area (Å²) >= 11 is 0. The van der Waals surface area contributed by atoms with E-state index in [1.54, 1.807) is 32.0 Å². The van der Waals surface area contributed by atoms with E-state index in [-0.39, 0.29) is 27.6 Å². The number of hydrogen-bond donors (Lipinski definition) is 0. The van der Waals surface area contributed by atoms with Crippen molar-refractivity contribution in [3.05, 3.63) is 86.6 Å². The van der Waals surface area contributed by atoms with Crippen molar-refractivity contribution in [1.29, 1.82) is 0 Å². The van der Waals surface area contributed by atoms with Crippen molar-refractivity contribution >= 4 is 27.2 Å². The molecular weight excluding hydrogens is 446 g/mol. The summed E-state index contributed by atoms with van der Waals surface area (Å²) in [5.41, 5.74) is 2.31. The number of ketones is 1. The average molecular weight is 470 g/mol. The first-order valence-electron chi connectivity index (χ1n) is 9.94.